The summed E-state index contributed by atoms with van der Waals surface area (Å²) >= 11 is 0. The molecule has 2 atom stereocenters. The summed E-state index contributed by atoms with van der Waals surface area (Å²) in [5.74, 6) is -0.0650. The lowest BCUT2D eigenvalue weighted by molar-refractivity contribution is -0.147. The smallest absolute Gasteiger partial charge is 0.304 e. The first-order chi connectivity index (χ1) is 14.7. The number of halogens is 1. The molecule has 0 radical (unpaired) electrons. The van der Waals surface area contributed by atoms with Gasteiger partial charge in [0.25, 0.3) is 0 Å². The van der Waals surface area contributed by atoms with Crippen molar-refractivity contribution in [3.05, 3.63) is 30.1 Å². The highest BCUT2D eigenvalue weighted by Gasteiger charge is 2.58. The molecule has 10 heteroatoms. The first-order valence-corrected chi connectivity index (χ1v) is 12.2. The van der Waals surface area contributed by atoms with Gasteiger partial charge >= 0.3 is 10.2 Å². The van der Waals surface area contributed by atoms with Crippen LogP contribution in [0.3, 0.4) is 0 Å². The fraction of sp³-hybridized carbons (Fsp3) is 0.619. The molecule has 4 aliphatic carbocycles. The van der Waals surface area contributed by atoms with Crippen LogP contribution in [-0.2, 0) is 19.8 Å². The molecule has 0 spiro atoms. The van der Waals surface area contributed by atoms with E-state index in [1.54, 1.807) is 0 Å². The lowest BCUT2D eigenvalue weighted by Gasteiger charge is -2.58. The van der Waals surface area contributed by atoms with E-state index in [-0.39, 0.29) is 49.3 Å². The van der Waals surface area contributed by atoms with E-state index in [1.165, 1.54) is 28.6 Å². The van der Waals surface area contributed by atoms with Crippen LogP contribution < -0.4 is 15.4 Å². The van der Waals surface area contributed by atoms with Gasteiger partial charge in [-0.3, -0.25) is 13.9 Å². The quantitative estimate of drug-likeness (QED) is 0.696. The van der Waals surface area contributed by atoms with Crippen molar-refractivity contribution >= 4 is 27.7 Å². The zero-order valence-corrected chi connectivity index (χ0v) is 18.0. The van der Waals surface area contributed by atoms with Crippen molar-refractivity contribution in [2.75, 3.05) is 23.9 Å². The Bertz CT molecular complexity index is 999. The molecule has 1 aromatic rings. The van der Waals surface area contributed by atoms with E-state index in [1.807, 2.05) is 0 Å². The SMILES string of the molecule is NC(=O)C12CC3CC(C1)C(NC(=O)CN1CCN(c4ccc(F)cc4)S1(=O)=O)C(C3)C2. The van der Waals surface area contributed by atoms with Crippen molar-refractivity contribution in [2.24, 2.45) is 28.9 Å². The van der Waals surface area contributed by atoms with Crippen molar-refractivity contribution in [3.63, 3.8) is 0 Å². The van der Waals surface area contributed by atoms with Crippen LogP contribution in [0, 0.1) is 29.0 Å². The molecule has 5 aliphatic rings. The van der Waals surface area contributed by atoms with Gasteiger partial charge in [-0.1, -0.05) is 0 Å². The maximum absolute atomic E-state index is 13.2. The molecule has 168 valence electrons. The van der Waals surface area contributed by atoms with Gasteiger partial charge < -0.3 is 11.1 Å². The van der Waals surface area contributed by atoms with Crippen LogP contribution in [0.5, 0.6) is 0 Å². The molecule has 2 unspecified atom stereocenters. The molecule has 1 heterocycles. The van der Waals surface area contributed by atoms with Crippen LogP contribution in [0.1, 0.15) is 32.1 Å². The largest absolute Gasteiger partial charge is 0.369 e. The Morgan fingerprint density at radius 3 is 2.35 bits per heavy atom. The number of carbonyl (C=O) groups excluding carboxylic acids is 2. The third-order valence-corrected chi connectivity index (χ3v) is 9.63. The van der Waals surface area contributed by atoms with Gasteiger partial charge in [-0.2, -0.15) is 12.7 Å². The van der Waals surface area contributed by atoms with Gasteiger partial charge in [-0.05, 0) is 74.1 Å². The molecule has 1 aromatic carbocycles. The fourth-order valence-electron chi connectivity index (χ4n) is 6.56. The zero-order chi connectivity index (χ0) is 22.0. The Labute approximate surface area is 181 Å². The van der Waals surface area contributed by atoms with Crippen molar-refractivity contribution < 1.29 is 22.4 Å². The molecule has 5 fully saturated rings. The van der Waals surface area contributed by atoms with Gasteiger partial charge in [-0.15, -0.1) is 0 Å². The monoisotopic (exact) mass is 450 g/mol. The lowest BCUT2D eigenvalue weighted by Crippen LogP contribution is -2.62. The Balaban J connectivity index is 1.25. The van der Waals surface area contributed by atoms with Crippen LogP contribution in [0.25, 0.3) is 0 Å². The highest BCUT2D eigenvalue weighted by atomic mass is 32.2. The number of rotatable bonds is 5. The number of benzene rings is 1. The molecule has 1 saturated heterocycles. The molecule has 3 N–H and O–H groups in total. The van der Waals surface area contributed by atoms with E-state index in [0.717, 1.165) is 23.6 Å². The Kier molecular flexibility index (Phi) is 4.78. The average Bonchev–Trinajstić information content (AvgIpc) is 2.99. The highest BCUT2D eigenvalue weighted by molar-refractivity contribution is 7.90. The van der Waals surface area contributed by atoms with E-state index in [2.05, 4.69) is 5.32 Å². The van der Waals surface area contributed by atoms with E-state index in [0.29, 0.717) is 24.4 Å². The molecule has 1 aliphatic heterocycles. The predicted molar refractivity (Wildman–Crippen MR) is 111 cm³/mol. The highest BCUT2D eigenvalue weighted by Crippen LogP contribution is 2.59. The standard InChI is InChI=1S/C21H27FN4O4S/c22-16-1-3-17(4-2-16)26-6-5-25(31(26,29)30)12-18(27)24-19-14-7-13-8-15(19)11-21(9-13,10-14)20(23)28/h1-4,13-15,19H,5-12H2,(H2,23,28)(H,24,27). The zero-order valence-electron chi connectivity index (χ0n) is 17.2. The number of nitrogens with one attached hydrogen (secondary N) is 1. The van der Waals surface area contributed by atoms with Crippen molar-refractivity contribution in [2.45, 2.75) is 38.1 Å². The summed E-state index contributed by atoms with van der Waals surface area (Å²) in [7, 11) is -3.85. The van der Waals surface area contributed by atoms with Gasteiger partial charge in [0.15, 0.2) is 0 Å². The van der Waals surface area contributed by atoms with Crippen LogP contribution in [-0.4, -0.2) is 50.2 Å². The summed E-state index contributed by atoms with van der Waals surface area (Å²) in [4.78, 5) is 24.9. The van der Waals surface area contributed by atoms with E-state index >= 15 is 0 Å². The lowest BCUT2D eigenvalue weighted by atomic mass is 9.47. The molecular weight excluding hydrogens is 423 g/mol. The Morgan fingerprint density at radius 2 is 1.74 bits per heavy atom. The number of nitrogens with zero attached hydrogens (tertiary/aromatic N) is 2. The second kappa shape index (κ2) is 7.16. The summed E-state index contributed by atoms with van der Waals surface area (Å²) in [6, 6.07) is 5.23. The average molecular weight is 451 g/mol. The number of anilines is 1. The summed E-state index contributed by atoms with van der Waals surface area (Å²) in [6.07, 6.45) is 4.25. The molecule has 8 nitrogen and oxygen atoms in total. The third kappa shape index (κ3) is 3.40. The van der Waals surface area contributed by atoms with Crippen LogP contribution >= 0.6 is 0 Å². The maximum Gasteiger partial charge on any atom is 0.304 e. The maximum atomic E-state index is 13.2. The number of primary amides is 1. The fourth-order valence-corrected chi connectivity index (χ4v) is 8.13. The number of hydrogen-bond acceptors (Lipinski definition) is 4. The summed E-state index contributed by atoms with van der Waals surface area (Å²) in [5, 5.41) is 3.08. The molecule has 0 aromatic heterocycles. The van der Waals surface area contributed by atoms with E-state index in [4.69, 9.17) is 5.73 Å². The summed E-state index contributed by atoms with van der Waals surface area (Å²) < 4.78 is 41.3. The molecule has 4 bridgehead atoms. The van der Waals surface area contributed by atoms with Gasteiger partial charge in [0, 0.05) is 24.5 Å². The van der Waals surface area contributed by atoms with E-state index < -0.39 is 21.4 Å². The topological polar surface area (TPSA) is 113 Å². The Hall–Kier alpha value is -2.20. The first kappa shape index (κ1) is 20.7. The number of hydrogen-bond donors (Lipinski definition) is 2. The van der Waals surface area contributed by atoms with Crippen molar-refractivity contribution in [1.82, 2.24) is 9.62 Å². The molecule has 6 rings (SSSR count). The third-order valence-electron chi connectivity index (χ3n) is 7.72. The molecule has 2 amide bonds. The molecule has 31 heavy (non-hydrogen) atoms. The van der Waals surface area contributed by atoms with Crippen molar-refractivity contribution in [3.8, 4) is 0 Å². The summed E-state index contributed by atoms with van der Waals surface area (Å²) in [6.45, 7) is 0.149. The predicted octanol–water partition coefficient (Wildman–Crippen LogP) is 0.989. The van der Waals surface area contributed by atoms with Gasteiger partial charge in [0.05, 0.1) is 12.2 Å². The van der Waals surface area contributed by atoms with Crippen LogP contribution in [0.4, 0.5) is 10.1 Å². The first-order valence-electron chi connectivity index (χ1n) is 10.8. The van der Waals surface area contributed by atoms with Gasteiger partial charge in [0.1, 0.15) is 5.82 Å². The minimum absolute atomic E-state index is 0.0324. The second-order valence-corrected chi connectivity index (χ2v) is 11.5. The van der Waals surface area contributed by atoms with Crippen LogP contribution in [0.15, 0.2) is 24.3 Å². The molecule has 4 saturated carbocycles. The minimum atomic E-state index is -3.85. The summed E-state index contributed by atoms with van der Waals surface area (Å²) in [5.41, 5.74) is 5.67. The van der Waals surface area contributed by atoms with Gasteiger partial charge in [0.2, 0.25) is 11.8 Å². The van der Waals surface area contributed by atoms with Crippen molar-refractivity contribution in [1.29, 1.82) is 0 Å². The van der Waals surface area contributed by atoms with E-state index in [9.17, 15) is 22.4 Å². The minimum Gasteiger partial charge on any atom is -0.369 e. The second-order valence-electron chi connectivity index (χ2n) is 9.60. The number of carbonyl (C=O) groups is 2. The number of amides is 2. The molecular formula is C21H27FN4O4S. The van der Waals surface area contributed by atoms with Gasteiger partial charge in [-0.25, -0.2) is 4.39 Å². The number of nitrogens with two attached hydrogens (primary N) is 1. The van der Waals surface area contributed by atoms with Crippen LogP contribution in [0.2, 0.25) is 0 Å². The Morgan fingerprint density at radius 1 is 1.10 bits per heavy atom. The normalized spacial score (nSPS) is 36.0.